The van der Waals surface area contributed by atoms with Crippen LogP contribution in [0.5, 0.6) is 0 Å². The Hall–Kier alpha value is -0.960. The minimum absolute atomic E-state index is 0.0972. The molecule has 12 heavy (non-hydrogen) atoms. The molecule has 3 heteroatoms. The maximum Gasteiger partial charge on any atom is 0.130 e. The van der Waals surface area contributed by atoms with E-state index in [4.69, 9.17) is 0 Å². The second-order valence-electron chi connectivity index (χ2n) is 2.65. The third-order valence-electron chi connectivity index (χ3n) is 1.87. The smallest absolute Gasteiger partial charge is 0.130 e. The number of nitrogens with one attached hydrogen (secondary N) is 1. The van der Waals surface area contributed by atoms with E-state index in [-0.39, 0.29) is 11.6 Å². The van der Waals surface area contributed by atoms with Gasteiger partial charge >= 0.3 is 0 Å². The molecule has 1 N–H and O–H groups in total. The normalized spacial score (nSPS) is 13.0. The highest BCUT2D eigenvalue weighted by molar-refractivity contribution is 5.22. The predicted octanol–water partition coefficient (Wildman–Crippen LogP) is 2.25. The van der Waals surface area contributed by atoms with Gasteiger partial charge in [-0.05, 0) is 26.1 Å². The molecule has 0 aliphatic rings. The van der Waals surface area contributed by atoms with Crippen molar-refractivity contribution >= 4 is 0 Å². The standard InChI is InChI=1S/C9H11F2N/c1-6(12-2)9-7(10)4-3-5-8(9)11/h3-6,12H,1-2H3/t6-/m0/s1. The lowest BCUT2D eigenvalue weighted by Gasteiger charge is -2.11. The van der Waals surface area contributed by atoms with Crippen LogP contribution in [0.1, 0.15) is 18.5 Å². The van der Waals surface area contributed by atoms with Crippen LogP contribution in [0.4, 0.5) is 8.78 Å². The molecule has 0 heterocycles. The van der Waals surface area contributed by atoms with Crippen molar-refractivity contribution in [1.29, 1.82) is 0 Å². The molecule has 1 atom stereocenters. The zero-order chi connectivity index (χ0) is 9.14. The van der Waals surface area contributed by atoms with Gasteiger partial charge in [-0.1, -0.05) is 6.07 Å². The molecular weight excluding hydrogens is 160 g/mol. The number of rotatable bonds is 2. The van der Waals surface area contributed by atoms with Crippen LogP contribution in [0, 0.1) is 11.6 Å². The van der Waals surface area contributed by atoms with Crippen LogP contribution in [-0.2, 0) is 0 Å². The maximum atomic E-state index is 13.0. The summed E-state index contributed by atoms with van der Waals surface area (Å²) < 4.78 is 26.0. The minimum atomic E-state index is -0.503. The monoisotopic (exact) mass is 171 g/mol. The Morgan fingerprint density at radius 1 is 1.25 bits per heavy atom. The van der Waals surface area contributed by atoms with Gasteiger partial charge in [-0.3, -0.25) is 0 Å². The van der Waals surface area contributed by atoms with Gasteiger partial charge in [-0.2, -0.15) is 0 Å². The molecular formula is C9H11F2N. The van der Waals surface area contributed by atoms with Crippen molar-refractivity contribution in [3.8, 4) is 0 Å². The SMILES string of the molecule is CN[C@@H](C)c1c(F)cccc1F. The van der Waals surface area contributed by atoms with Gasteiger partial charge in [0, 0.05) is 11.6 Å². The molecule has 0 spiro atoms. The summed E-state index contributed by atoms with van der Waals surface area (Å²) in [6, 6.07) is 3.57. The van der Waals surface area contributed by atoms with Crippen LogP contribution < -0.4 is 5.32 Å². The Balaban J connectivity index is 3.12. The topological polar surface area (TPSA) is 12.0 Å². The first-order valence-corrected chi connectivity index (χ1v) is 3.78. The summed E-state index contributed by atoms with van der Waals surface area (Å²) in [4.78, 5) is 0. The Bertz CT molecular complexity index is 253. The Morgan fingerprint density at radius 3 is 2.17 bits per heavy atom. The molecule has 0 aliphatic heterocycles. The number of benzene rings is 1. The molecule has 1 rings (SSSR count). The molecule has 0 bridgehead atoms. The van der Waals surface area contributed by atoms with Crippen LogP contribution in [0.2, 0.25) is 0 Å². The lowest BCUT2D eigenvalue weighted by molar-refractivity contribution is 0.510. The van der Waals surface area contributed by atoms with Crippen LogP contribution in [0.3, 0.4) is 0 Å². The molecule has 1 aromatic rings. The molecule has 1 nitrogen and oxygen atoms in total. The van der Waals surface area contributed by atoms with Crippen molar-refractivity contribution in [2.24, 2.45) is 0 Å². The van der Waals surface area contributed by atoms with Crippen molar-refractivity contribution in [1.82, 2.24) is 5.32 Å². The average molecular weight is 171 g/mol. The summed E-state index contributed by atoms with van der Waals surface area (Å²) in [5.41, 5.74) is 0.0972. The fourth-order valence-electron chi connectivity index (χ4n) is 1.07. The van der Waals surface area contributed by atoms with E-state index in [1.165, 1.54) is 18.2 Å². The summed E-state index contributed by atoms with van der Waals surface area (Å²) in [6.45, 7) is 1.71. The fraction of sp³-hybridized carbons (Fsp3) is 0.333. The maximum absolute atomic E-state index is 13.0. The van der Waals surface area contributed by atoms with Gasteiger partial charge in [0.2, 0.25) is 0 Å². The van der Waals surface area contributed by atoms with E-state index in [1.807, 2.05) is 0 Å². The summed E-state index contributed by atoms with van der Waals surface area (Å²) in [5.74, 6) is -1.01. The first-order chi connectivity index (χ1) is 5.66. The molecule has 0 aliphatic carbocycles. The highest BCUT2D eigenvalue weighted by Gasteiger charge is 2.13. The Labute approximate surface area is 70.4 Å². The first-order valence-electron chi connectivity index (χ1n) is 3.78. The van der Waals surface area contributed by atoms with Gasteiger partial charge in [0.15, 0.2) is 0 Å². The van der Waals surface area contributed by atoms with Crippen LogP contribution in [0.25, 0.3) is 0 Å². The molecule has 0 amide bonds. The lowest BCUT2D eigenvalue weighted by atomic mass is 10.1. The summed E-state index contributed by atoms with van der Waals surface area (Å²) in [5, 5.41) is 2.78. The second kappa shape index (κ2) is 3.63. The number of hydrogen-bond donors (Lipinski definition) is 1. The van der Waals surface area contributed by atoms with Gasteiger partial charge in [0.1, 0.15) is 11.6 Å². The van der Waals surface area contributed by atoms with E-state index in [0.29, 0.717) is 0 Å². The third-order valence-corrected chi connectivity index (χ3v) is 1.87. The van der Waals surface area contributed by atoms with Crippen molar-refractivity contribution in [2.75, 3.05) is 7.05 Å². The third kappa shape index (κ3) is 1.61. The van der Waals surface area contributed by atoms with Crippen molar-refractivity contribution in [3.63, 3.8) is 0 Å². The molecule has 0 unspecified atom stereocenters. The lowest BCUT2D eigenvalue weighted by Crippen LogP contribution is -2.15. The number of halogens is 2. The highest BCUT2D eigenvalue weighted by atomic mass is 19.1. The minimum Gasteiger partial charge on any atom is -0.313 e. The summed E-state index contributed by atoms with van der Waals surface area (Å²) in [6.07, 6.45) is 0. The zero-order valence-corrected chi connectivity index (χ0v) is 7.07. The van der Waals surface area contributed by atoms with Crippen LogP contribution in [-0.4, -0.2) is 7.05 Å². The predicted molar refractivity (Wildman–Crippen MR) is 43.8 cm³/mol. The van der Waals surface area contributed by atoms with Crippen molar-refractivity contribution in [3.05, 3.63) is 35.4 Å². The number of hydrogen-bond acceptors (Lipinski definition) is 1. The van der Waals surface area contributed by atoms with Crippen LogP contribution >= 0.6 is 0 Å². The molecule has 0 fully saturated rings. The van der Waals surface area contributed by atoms with E-state index in [9.17, 15) is 8.78 Å². The second-order valence-corrected chi connectivity index (χ2v) is 2.65. The Morgan fingerprint density at radius 2 is 1.75 bits per heavy atom. The van der Waals surface area contributed by atoms with Gasteiger partial charge in [0.05, 0.1) is 0 Å². The van der Waals surface area contributed by atoms with Gasteiger partial charge in [-0.25, -0.2) is 8.78 Å². The van der Waals surface area contributed by atoms with Crippen LogP contribution in [0.15, 0.2) is 18.2 Å². The molecule has 1 aromatic carbocycles. The quantitative estimate of drug-likeness (QED) is 0.719. The van der Waals surface area contributed by atoms with Gasteiger partial charge in [-0.15, -0.1) is 0 Å². The first kappa shape index (κ1) is 9.13. The molecule has 66 valence electrons. The molecule has 0 saturated heterocycles. The summed E-state index contributed by atoms with van der Waals surface area (Å²) in [7, 11) is 1.66. The molecule has 0 aromatic heterocycles. The molecule has 0 radical (unpaired) electrons. The zero-order valence-electron chi connectivity index (χ0n) is 7.07. The van der Waals surface area contributed by atoms with E-state index in [1.54, 1.807) is 14.0 Å². The van der Waals surface area contributed by atoms with Gasteiger partial charge < -0.3 is 5.32 Å². The van der Waals surface area contributed by atoms with Gasteiger partial charge in [0.25, 0.3) is 0 Å². The van der Waals surface area contributed by atoms with E-state index in [2.05, 4.69) is 5.32 Å². The van der Waals surface area contributed by atoms with E-state index >= 15 is 0 Å². The van der Waals surface area contributed by atoms with Crippen molar-refractivity contribution < 1.29 is 8.78 Å². The van der Waals surface area contributed by atoms with Crippen molar-refractivity contribution in [2.45, 2.75) is 13.0 Å². The average Bonchev–Trinajstić information content (AvgIpc) is 2.03. The van der Waals surface area contributed by atoms with E-state index in [0.717, 1.165) is 0 Å². The Kier molecular flexibility index (Phi) is 2.76. The molecule has 0 saturated carbocycles. The highest BCUT2D eigenvalue weighted by Crippen LogP contribution is 2.19. The largest absolute Gasteiger partial charge is 0.313 e. The fourth-order valence-corrected chi connectivity index (χ4v) is 1.07. The van der Waals surface area contributed by atoms with E-state index < -0.39 is 11.6 Å². The summed E-state index contributed by atoms with van der Waals surface area (Å²) >= 11 is 0.